The number of nitrogens with zero attached hydrogens (tertiary/aromatic N) is 3. The van der Waals surface area contributed by atoms with Crippen molar-refractivity contribution in [2.24, 2.45) is 0 Å². The smallest absolute Gasteiger partial charge is 0.331 e. The van der Waals surface area contributed by atoms with Crippen LogP contribution in [0.1, 0.15) is 54.3 Å². The van der Waals surface area contributed by atoms with Crippen molar-refractivity contribution in [1.29, 1.82) is 0 Å². The normalized spacial score (nSPS) is 19.9. The summed E-state index contributed by atoms with van der Waals surface area (Å²) < 4.78 is 0. The molecule has 11 nitrogen and oxygen atoms in total. The number of carbonyl (C=O) groups excluding carboxylic acids is 5. The summed E-state index contributed by atoms with van der Waals surface area (Å²) in [6.07, 6.45) is -0.218. The van der Waals surface area contributed by atoms with Gasteiger partial charge in [0.05, 0.1) is 24.2 Å². The largest absolute Gasteiger partial charge is 0.479 e. The van der Waals surface area contributed by atoms with Gasteiger partial charge in [0.2, 0.25) is 11.8 Å². The Balaban J connectivity index is 1.82. The molecule has 0 aromatic heterocycles. The van der Waals surface area contributed by atoms with Gasteiger partial charge in [0.1, 0.15) is 6.04 Å². The Morgan fingerprint density at radius 1 is 1.09 bits per heavy atom. The molecule has 1 aromatic rings. The molecule has 5 amide bonds. The van der Waals surface area contributed by atoms with Crippen LogP contribution in [0.2, 0.25) is 0 Å². The van der Waals surface area contributed by atoms with Crippen LogP contribution in [-0.4, -0.2) is 93.1 Å². The molecule has 0 bridgehead atoms. The van der Waals surface area contributed by atoms with Crippen LogP contribution in [0, 0.1) is 0 Å². The van der Waals surface area contributed by atoms with E-state index in [1.54, 1.807) is 17.0 Å². The Morgan fingerprint density at radius 3 is 2.15 bits per heavy atom. The molecule has 0 saturated carbocycles. The topological polar surface area (TPSA) is 144 Å². The first-order valence-corrected chi connectivity index (χ1v) is 11.1. The summed E-state index contributed by atoms with van der Waals surface area (Å²) in [5, 5.41) is 12.2. The monoisotopic (exact) mass is 472 g/mol. The zero-order valence-corrected chi connectivity index (χ0v) is 19.4. The number of piperidine rings is 1. The predicted octanol–water partition coefficient (Wildman–Crippen LogP) is 0.102. The molecule has 2 aliphatic heterocycles. The molecular weight excluding hydrogens is 444 g/mol. The first kappa shape index (κ1) is 25.0. The number of aliphatic carboxylic acids is 1. The summed E-state index contributed by atoms with van der Waals surface area (Å²) in [6, 6.07) is 4.93. The number of rotatable bonds is 9. The van der Waals surface area contributed by atoms with Gasteiger partial charge in [0.25, 0.3) is 17.7 Å². The third-order valence-electron chi connectivity index (χ3n) is 6.24. The van der Waals surface area contributed by atoms with Gasteiger partial charge in [-0.25, -0.2) is 4.79 Å². The molecule has 11 heteroatoms. The maximum Gasteiger partial charge on any atom is 0.331 e. The summed E-state index contributed by atoms with van der Waals surface area (Å²) in [5.74, 6) is -4.76. The van der Waals surface area contributed by atoms with Crippen LogP contribution in [0.4, 0.5) is 0 Å². The summed E-state index contributed by atoms with van der Waals surface area (Å²) in [4.78, 5) is 79.4. The Morgan fingerprint density at radius 2 is 1.65 bits per heavy atom. The van der Waals surface area contributed by atoms with E-state index in [0.29, 0.717) is 13.1 Å². The van der Waals surface area contributed by atoms with Crippen LogP contribution in [0.15, 0.2) is 24.3 Å². The highest BCUT2D eigenvalue weighted by Gasteiger charge is 2.49. The lowest BCUT2D eigenvalue weighted by atomic mass is 9.96. The van der Waals surface area contributed by atoms with Gasteiger partial charge in [-0.2, -0.15) is 0 Å². The second-order valence-electron chi connectivity index (χ2n) is 8.55. The van der Waals surface area contributed by atoms with Crippen molar-refractivity contribution < 1.29 is 33.9 Å². The molecule has 2 N–H and O–H groups in total. The third kappa shape index (κ3) is 4.56. The third-order valence-corrected chi connectivity index (χ3v) is 6.24. The molecule has 182 valence electrons. The van der Waals surface area contributed by atoms with Crippen molar-refractivity contribution in [3.63, 3.8) is 0 Å². The summed E-state index contributed by atoms with van der Waals surface area (Å²) >= 11 is 0. The van der Waals surface area contributed by atoms with E-state index >= 15 is 0 Å². The number of hydrogen-bond acceptors (Lipinski definition) is 7. The van der Waals surface area contributed by atoms with Crippen LogP contribution in [0.3, 0.4) is 0 Å². The predicted molar refractivity (Wildman–Crippen MR) is 119 cm³/mol. The fraction of sp³-hybridized carbons (Fsp3) is 0.478. The van der Waals surface area contributed by atoms with Crippen molar-refractivity contribution in [3.05, 3.63) is 35.4 Å². The second-order valence-corrected chi connectivity index (χ2v) is 8.55. The highest BCUT2D eigenvalue weighted by Crippen LogP contribution is 2.29. The zero-order chi connectivity index (χ0) is 25.2. The van der Waals surface area contributed by atoms with E-state index in [4.69, 9.17) is 0 Å². The van der Waals surface area contributed by atoms with Crippen LogP contribution in [-0.2, 0) is 19.2 Å². The van der Waals surface area contributed by atoms with Crippen LogP contribution >= 0.6 is 0 Å². The van der Waals surface area contributed by atoms with Crippen LogP contribution < -0.4 is 5.32 Å². The molecule has 2 heterocycles. The minimum absolute atomic E-state index is 0.0462. The number of likely N-dealkylation sites (tertiary alicyclic amines) is 1. The number of carboxylic acids is 1. The van der Waals surface area contributed by atoms with Crippen LogP contribution in [0.5, 0.6) is 0 Å². The van der Waals surface area contributed by atoms with Gasteiger partial charge in [-0.1, -0.05) is 26.0 Å². The van der Waals surface area contributed by atoms with E-state index in [9.17, 15) is 33.9 Å². The Bertz CT molecular complexity index is 1020. The molecule has 1 unspecified atom stereocenters. The van der Waals surface area contributed by atoms with E-state index < -0.39 is 53.6 Å². The molecule has 1 saturated heterocycles. The lowest BCUT2D eigenvalue weighted by Crippen LogP contribution is -2.65. The van der Waals surface area contributed by atoms with Crippen LogP contribution in [0.25, 0.3) is 0 Å². The highest BCUT2D eigenvalue weighted by atomic mass is 16.4. The number of imide groups is 2. The van der Waals surface area contributed by atoms with Crippen molar-refractivity contribution in [2.45, 2.75) is 45.2 Å². The summed E-state index contributed by atoms with van der Waals surface area (Å²) in [7, 11) is 0. The quantitative estimate of drug-likeness (QED) is 0.482. The van der Waals surface area contributed by atoms with Crippen molar-refractivity contribution in [3.8, 4) is 0 Å². The Kier molecular flexibility index (Phi) is 7.15. The van der Waals surface area contributed by atoms with E-state index in [1.807, 2.05) is 13.8 Å². The molecule has 2 atom stereocenters. The number of carboxylic acid groups (broad SMARTS) is 1. The molecule has 1 aromatic carbocycles. The maximum atomic E-state index is 13.3. The number of amides is 5. The number of benzene rings is 1. The molecule has 0 spiro atoms. The van der Waals surface area contributed by atoms with Crippen molar-refractivity contribution in [1.82, 2.24) is 20.0 Å². The standard InChI is InChI=1S/C23H28N4O7/c1-4-25(5-2)12-17(28)24-23(3,22(33)34)13-26-18(29)11-10-16(21(26)32)27-19(30)14-8-6-7-9-15(14)20(27)31/h6-9,16H,4-5,10-13H2,1-3H3,(H,24,28)(H,33,34)/t16?,23-/m0/s1. The summed E-state index contributed by atoms with van der Waals surface area (Å²) in [5.41, 5.74) is -1.62. The molecule has 0 aliphatic carbocycles. The fourth-order valence-corrected chi connectivity index (χ4v) is 4.19. The van der Waals surface area contributed by atoms with E-state index in [0.717, 1.165) is 9.80 Å². The number of nitrogens with one attached hydrogen (secondary N) is 1. The van der Waals surface area contributed by atoms with Crippen molar-refractivity contribution >= 4 is 35.5 Å². The van der Waals surface area contributed by atoms with Crippen molar-refractivity contribution in [2.75, 3.05) is 26.2 Å². The number of hydrogen-bond donors (Lipinski definition) is 2. The molecule has 0 radical (unpaired) electrons. The molecule has 2 aliphatic rings. The molecular formula is C23H28N4O7. The lowest BCUT2D eigenvalue weighted by molar-refractivity contribution is -0.157. The van der Waals surface area contributed by atoms with E-state index in [-0.39, 0.29) is 30.5 Å². The van der Waals surface area contributed by atoms with Gasteiger partial charge in [0, 0.05) is 6.42 Å². The first-order valence-electron chi connectivity index (χ1n) is 11.1. The zero-order valence-electron chi connectivity index (χ0n) is 19.4. The number of fused-ring (bicyclic) bond motifs is 1. The minimum atomic E-state index is -1.96. The van der Waals surface area contributed by atoms with Gasteiger partial charge in [-0.3, -0.25) is 38.7 Å². The number of likely N-dealkylation sites (N-methyl/N-ethyl adjacent to an activating group) is 1. The van der Waals surface area contributed by atoms with Gasteiger partial charge < -0.3 is 10.4 Å². The van der Waals surface area contributed by atoms with Gasteiger partial charge in [-0.15, -0.1) is 0 Å². The summed E-state index contributed by atoms with van der Waals surface area (Å²) in [6.45, 7) is 5.41. The van der Waals surface area contributed by atoms with E-state index in [1.165, 1.54) is 19.1 Å². The molecule has 1 fully saturated rings. The van der Waals surface area contributed by atoms with Gasteiger partial charge >= 0.3 is 5.97 Å². The Labute approximate surface area is 196 Å². The molecule has 34 heavy (non-hydrogen) atoms. The maximum absolute atomic E-state index is 13.3. The lowest BCUT2D eigenvalue weighted by Gasteiger charge is -2.38. The van der Waals surface area contributed by atoms with Gasteiger partial charge in [0.15, 0.2) is 5.54 Å². The first-order chi connectivity index (χ1) is 16.0. The number of carbonyl (C=O) groups is 6. The molecule has 3 rings (SSSR count). The second kappa shape index (κ2) is 9.72. The average Bonchev–Trinajstić information content (AvgIpc) is 3.05. The minimum Gasteiger partial charge on any atom is -0.479 e. The average molecular weight is 472 g/mol. The van der Waals surface area contributed by atoms with E-state index in [2.05, 4.69) is 5.32 Å². The highest BCUT2D eigenvalue weighted by molar-refractivity contribution is 6.23. The fourth-order valence-electron chi connectivity index (χ4n) is 4.19. The SMILES string of the molecule is CCN(CC)CC(=O)N[C@@](C)(CN1C(=O)CCC(N2C(=O)c3ccccc3C2=O)C1=O)C(=O)O. The van der Waals surface area contributed by atoms with Gasteiger partial charge in [-0.05, 0) is 38.6 Å². The Hall–Kier alpha value is -3.60.